The Morgan fingerprint density at radius 3 is 2.53 bits per heavy atom. The number of rotatable bonds is 4. The number of nitrogens with one attached hydrogen (secondary N) is 1. The van der Waals surface area contributed by atoms with Crippen LogP contribution in [0.4, 0.5) is 5.69 Å². The second-order valence-electron chi connectivity index (χ2n) is 5.26. The van der Waals surface area contributed by atoms with E-state index < -0.39 is 0 Å². The molecular weight excluding hydrogens is 238 g/mol. The molecule has 19 heavy (non-hydrogen) atoms. The number of amides is 1. The topological polar surface area (TPSA) is 35.6 Å². The largest absolute Gasteiger partial charge is 0.318 e. The third-order valence-corrected chi connectivity index (χ3v) is 3.72. The van der Waals surface area contributed by atoms with Gasteiger partial charge in [0.15, 0.2) is 0 Å². The van der Waals surface area contributed by atoms with Crippen LogP contribution in [0.3, 0.4) is 0 Å². The van der Waals surface area contributed by atoms with E-state index in [0.717, 1.165) is 25.3 Å². The van der Waals surface area contributed by atoms with Gasteiger partial charge < -0.3 is 10.2 Å². The van der Waals surface area contributed by atoms with Crippen LogP contribution in [0.1, 0.15) is 12.5 Å². The number of aryl methyl sites for hydroxylation is 1. The molecule has 4 heteroatoms. The minimum atomic E-state index is 0.193. The van der Waals surface area contributed by atoms with E-state index in [1.54, 1.807) is 0 Å². The molecule has 1 fully saturated rings. The standard InChI is InChI=1S/C15H23N3O/c1-12-4-6-14(7-5-12)18-9-8-17(11-15(18)19)13(2)10-16-3/h4-7,13,16H,8-11H2,1-3H3. The number of piperazine rings is 1. The summed E-state index contributed by atoms with van der Waals surface area (Å²) in [6.45, 7) is 7.35. The van der Waals surface area contributed by atoms with Crippen LogP contribution >= 0.6 is 0 Å². The van der Waals surface area contributed by atoms with Crippen molar-refractivity contribution in [2.45, 2.75) is 19.9 Å². The maximum absolute atomic E-state index is 12.3. The molecule has 1 amide bonds. The van der Waals surface area contributed by atoms with Gasteiger partial charge in [-0.1, -0.05) is 17.7 Å². The Bertz CT molecular complexity index is 430. The van der Waals surface area contributed by atoms with E-state index >= 15 is 0 Å². The molecule has 1 aliphatic heterocycles. The van der Waals surface area contributed by atoms with Crippen LogP contribution in [0.2, 0.25) is 0 Å². The quantitative estimate of drug-likeness (QED) is 0.886. The summed E-state index contributed by atoms with van der Waals surface area (Å²) in [4.78, 5) is 16.4. The molecular formula is C15H23N3O. The number of carbonyl (C=O) groups is 1. The number of benzene rings is 1. The Kier molecular flexibility index (Phi) is 4.56. The summed E-state index contributed by atoms with van der Waals surface area (Å²) in [5.41, 5.74) is 2.23. The van der Waals surface area contributed by atoms with Gasteiger partial charge in [-0.2, -0.15) is 0 Å². The van der Waals surface area contributed by atoms with Gasteiger partial charge in [-0.3, -0.25) is 9.69 Å². The highest BCUT2D eigenvalue weighted by Crippen LogP contribution is 2.18. The van der Waals surface area contributed by atoms with E-state index in [0.29, 0.717) is 12.6 Å². The zero-order chi connectivity index (χ0) is 13.8. The third kappa shape index (κ3) is 3.33. The maximum atomic E-state index is 12.3. The van der Waals surface area contributed by atoms with Crippen molar-refractivity contribution in [1.29, 1.82) is 0 Å². The van der Waals surface area contributed by atoms with Gasteiger partial charge in [0.05, 0.1) is 6.54 Å². The van der Waals surface area contributed by atoms with Crippen LogP contribution in [-0.4, -0.2) is 50.1 Å². The van der Waals surface area contributed by atoms with E-state index in [2.05, 4.69) is 36.2 Å². The van der Waals surface area contributed by atoms with Gasteiger partial charge in [0, 0.05) is 31.4 Å². The monoisotopic (exact) mass is 261 g/mol. The Balaban J connectivity index is 2.01. The predicted octanol–water partition coefficient (Wildman–Crippen LogP) is 1.25. The molecule has 1 unspecified atom stereocenters. The number of hydrogen-bond donors (Lipinski definition) is 1. The fourth-order valence-electron chi connectivity index (χ4n) is 2.49. The van der Waals surface area contributed by atoms with Gasteiger partial charge in [0.2, 0.25) is 5.91 Å². The molecule has 0 spiro atoms. The maximum Gasteiger partial charge on any atom is 0.241 e. The summed E-state index contributed by atoms with van der Waals surface area (Å²) >= 11 is 0. The molecule has 0 radical (unpaired) electrons. The normalized spacial score (nSPS) is 18.7. The molecule has 1 aromatic rings. The van der Waals surface area contributed by atoms with E-state index in [4.69, 9.17) is 0 Å². The first-order valence-electron chi connectivity index (χ1n) is 6.87. The third-order valence-electron chi connectivity index (χ3n) is 3.72. The zero-order valence-electron chi connectivity index (χ0n) is 12.0. The number of nitrogens with zero attached hydrogens (tertiary/aromatic N) is 2. The molecule has 1 heterocycles. The van der Waals surface area contributed by atoms with Gasteiger partial charge >= 0.3 is 0 Å². The van der Waals surface area contributed by atoms with Crippen molar-refractivity contribution < 1.29 is 4.79 Å². The van der Waals surface area contributed by atoms with Gasteiger partial charge in [-0.25, -0.2) is 0 Å². The number of anilines is 1. The summed E-state index contributed by atoms with van der Waals surface area (Å²) in [6, 6.07) is 8.56. The lowest BCUT2D eigenvalue weighted by Gasteiger charge is -2.37. The van der Waals surface area contributed by atoms with E-state index in [1.165, 1.54) is 5.56 Å². The van der Waals surface area contributed by atoms with Crippen molar-refractivity contribution in [2.75, 3.05) is 38.1 Å². The minimum absolute atomic E-state index is 0.193. The predicted molar refractivity (Wildman–Crippen MR) is 78.5 cm³/mol. The molecule has 4 nitrogen and oxygen atoms in total. The lowest BCUT2D eigenvalue weighted by molar-refractivity contribution is -0.121. The van der Waals surface area contributed by atoms with Gasteiger partial charge in [0.25, 0.3) is 0 Å². The Labute approximate surface area is 115 Å². The molecule has 0 saturated carbocycles. The average molecular weight is 261 g/mol. The summed E-state index contributed by atoms with van der Waals surface area (Å²) in [7, 11) is 1.95. The molecule has 1 atom stereocenters. The number of carbonyl (C=O) groups excluding carboxylic acids is 1. The second-order valence-corrected chi connectivity index (χ2v) is 5.26. The fraction of sp³-hybridized carbons (Fsp3) is 0.533. The first-order valence-corrected chi connectivity index (χ1v) is 6.87. The highest BCUT2D eigenvalue weighted by atomic mass is 16.2. The van der Waals surface area contributed by atoms with Crippen molar-refractivity contribution in [2.24, 2.45) is 0 Å². The van der Waals surface area contributed by atoms with Crippen LogP contribution in [0.25, 0.3) is 0 Å². The Morgan fingerprint density at radius 2 is 1.95 bits per heavy atom. The molecule has 0 bridgehead atoms. The molecule has 0 aromatic heterocycles. The van der Waals surface area contributed by atoms with Crippen LogP contribution in [0.5, 0.6) is 0 Å². The van der Waals surface area contributed by atoms with Gasteiger partial charge in [0.1, 0.15) is 0 Å². The lowest BCUT2D eigenvalue weighted by atomic mass is 10.1. The summed E-state index contributed by atoms with van der Waals surface area (Å²) in [5, 5.41) is 3.16. The van der Waals surface area contributed by atoms with Crippen LogP contribution < -0.4 is 10.2 Å². The zero-order valence-corrected chi connectivity index (χ0v) is 12.0. The van der Waals surface area contributed by atoms with Crippen LogP contribution in [0, 0.1) is 6.92 Å². The molecule has 1 aliphatic rings. The molecule has 1 aromatic carbocycles. The highest BCUT2D eigenvalue weighted by molar-refractivity contribution is 5.95. The van der Waals surface area contributed by atoms with Crippen LogP contribution in [0.15, 0.2) is 24.3 Å². The lowest BCUT2D eigenvalue weighted by Crippen LogP contribution is -2.54. The summed E-state index contributed by atoms with van der Waals surface area (Å²) < 4.78 is 0. The van der Waals surface area contributed by atoms with Gasteiger partial charge in [-0.05, 0) is 33.0 Å². The van der Waals surface area contributed by atoms with E-state index in [-0.39, 0.29) is 5.91 Å². The van der Waals surface area contributed by atoms with Crippen molar-refractivity contribution >= 4 is 11.6 Å². The van der Waals surface area contributed by atoms with Crippen LogP contribution in [-0.2, 0) is 4.79 Å². The molecule has 0 aliphatic carbocycles. The second kappa shape index (κ2) is 6.17. The molecule has 2 rings (SSSR count). The SMILES string of the molecule is CNCC(C)N1CCN(c2ccc(C)cc2)C(=O)C1. The summed E-state index contributed by atoms with van der Waals surface area (Å²) in [6.07, 6.45) is 0. The van der Waals surface area contributed by atoms with Crippen molar-refractivity contribution in [3.05, 3.63) is 29.8 Å². The molecule has 1 N–H and O–H groups in total. The first-order chi connectivity index (χ1) is 9.11. The molecule has 104 valence electrons. The van der Waals surface area contributed by atoms with Crippen molar-refractivity contribution in [1.82, 2.24) is 10.2 Å². The Hall–Kier alpha value is -1.39. The highest BCUT2D eigenvalue weighted by Gasteiger charge is 2.27. The first kappa shape index (κ1) is 14.0. The van der Waals surface area contributed by atoms with E-state index in [9.17, 15) is 4.79 Å². The van der Waals surface area contributed by atoms with E-state index in [1.807, 2.05) is 24.1 Å². The minimum Gasteiger partial charge on any atom is -0.318 e. The van der Waals surface area contributed by atoms with Crippen molar-refractivity contribution in [3.8, 4) is 0 Å². The Morgan fingerprint density at radius 1 is 1.26 bits per heavy atom. The number of likely N-dealkylation sites (N-methyl/N-ethyl adjacent to an activating group) is 1. The van der Waals surface area contributed by atoms with Gasteiger partial charge in [-0.15, -0.1) is 0 Å². The fourth-order valence-corrected chi connectivity index (χ4v) is 2.49. The van der Waals surface area contributed by atoms with Crippen molar-refractivity contribution in [3.63, 3.8) is 0 Å². The molecule has 1 saturated heterocycles. The smallest absolute Gasteiger partial charge is 0.241 e. The summed E-state index contributed by atoms with van der Waals surface area (Å²) in [5.74, 6) is 0.193. The number of hydrogen-bond acceptors (Lipinski definition) is 3. The average Bonchev–Trinajstić information content (AvgIpc) is 2.40.